The molecule has 0 fully saturated rings. The van der Waals surface area contributed by atoms with E-state index in [0.717, 1.165) is 22.4 Å². The molecule has 0 saturated heterocycles. The molecule has 1 aliphatic rings. The van der Waals surface area contributed by atoms with Gasteiger partial charge in [-0.15, -0.1) is 0 Å². The number of ether oxygens (including phenoxy) is 4. The molecule has 5 heteroatoms. The predicted octanol–water partition coefficient (Wildman–Crippen LogP) is 5.60. The first-order chi connectivity index (χ1) is 15.1. The molecule has 0 N–H and O–H groups in total. The molecule has 0 saturated carbocycles. The number of aryl methyl sites for hydroxylation is 1. The van der Waals surface area contributed by atoms with Gasteiger partial charge in [0, 0.05) is 11.6 Å². The second-order valence-electron chi connectivity index (χ2n) is 7.16. The summed E-state index contributed by atoms with van der Waals surface area (Å²) in [5.74, 6) is 2.77. The highest BCUT2D eigenvalue weighted by Gasteiger charge is 2.30. The minimum absolute atomic E-state index is 0.141. The first-order valence-electron chi connectivity index (χ1n) is 10.2. The Morgan fingerprint density at radius 2 is 1.81 bits per heavy atom. The van der Waals surface area contributed by atoms with Crippen molar-refractivity contribution in [1.82, 2.24) is 0 Å². The summed E-state index contributed by atoms with van der Waals surface area (Å²) in [7, 11) is 1.63. The van der Waals surface area contributed by atoms with Crippen LogP contribution in [0.5, 0.6) is 23.0 Å². The molecule has 0 aliphatic carbocycles. The van der Waals surface area contributed by atoms with Crippen molar-refractivity contribution < 1.29 is 23.7 Å². The van der Waals surface area contributed by atoms with Crippen molar-refractivity contribution in [2.24, 2.45) is 0 Å². The molecule has 0 radical (unpaired) electrons. The molecule has 0 spiro atoms. The number of methoxy groups -OCH3 is 1. The Labute approximate surface area is 181 Å². The summed E-state index contributed by atoms with van der Waals surface area (Å²) in [6.07, 6.45) is 1.73. The van der Waals surface area contributed by atoms with E-state index in [9.17, 15) is 4.79 Å². The fraction of sp³-hybridized carbons (Fsp3) is 0.192. The number of fused-ring (bicyclic) bond motifs is 1. The van der Waals surface area contributed by atoms with E-state index in [-0.39, 0.29) is 11.5 Å². The van der Waals surface area contributed by atoms with Crippen LogP contribution in [0.15, 0.2) is 66.4 Å². The first-order valence-corrected chi connectivity index (χ1v) is 10.2. The highest BCUT2D eigenvalue weighted by molar-refractivity contribution is 6.15. The van der Waals surface area contributed by atoms with Crippen LogP contribution in [-0.4, -0.2) is 19.5 Å². The minimum atomic E-state index is -0.141. The lowest BCUT2D eigenvalue weighted by Gasteiger charge is -2.10. The molecule has 3 aromatic carbocycles. The highest BCUT2D eigenvalue weighted by Crippen LogP contribution is 2.38. The van der Waals surface area contributed by atoms with Crippen LogP contribution in [0.1, 0.15) is 34.0 Å². The van der Waals surface area contributed by atoms with E-state index < -0.39 is 0 Å². The second kappa shape index (κ2) is 8.96. The quantitative estimate of drug-likeness (QED) is 0.470. The number of hydrogen-bond donors (Lipinski definition) is 0. The molecule has 0 bridgehead atoms. The third kappa shape index (κ3) is 4.40. The third-order valence-corrected chi connectivity index (χ3v) is 4.99. The van der Waals surface area contributed by atoms with Crippen LogP contribution in [0.3, 0.4) is 0 Å². The van der Waals surface area contributed by atoms with Crippen molar-refractivity contribution in [3.05, 3.63) is 88.7 Å². The summed E-state index contributed by atoms with van der Waals surface area (Å²) in [5.41, 5.74) is 3.16. The van der Waals surface area contributed by atoms with Crippen LogP contribution in [-0.2, 0) is 6.61 Å². The Hall–Kier alpha value is -3.73. The standard InChI is InChI=1S/C26H24O5/c1-4-29-22-11-6-5-9-19(22)14-24-26(27)25-17(2)12-21(15-23(25)31-24)30-16-18-8-7-10-20(13-18)28-3/h5-15H,4,16H2,1-3H3/b24-14-. The zero-order valence-electron chi connectivity index (χ0n) is 17.8. The number of Topliss-reactive ketones (excluding diaryl/α,β-unsaturated/α-hetero) is 1. The van der Waals surface area contributed by atoms with Crippen LogP contribution in [0.25, 0.3) is 6.08 Å². The van der Waals surface area contributed by atoms with Crippen molar-refractivity contribution in [2.75, 3.05) is 13.7 Å². The number of ketones is 1. The number of hydrogen-bond acceptors (Lipinski definition) is 5. The normalized spacial score (nSPS) is 13.6. The third-order valence-electron chi connectivity index (χ3n) is 4.99. The van der Waals surface area contributed by atoms with Crippen molar-refractivity contribution in [3.8, 4) is 23.0 Å². The van der Waals surface area contributed by atoms with E-state index in [0.29, 0.717) is 36.0 Å². The second-order valence-corrected chi connectivity index (χ2v) is 7.16. The molecule has 1 aliphatic heterocycles. The molecule has 158 valence electrons. The number of carbonyl (C=O) groups excluding carboxylic acids is 1. The summed E-state index contributed by atoms with van der Waals surface area (Å²) in [4.78, 5) is 13.0. The minimum Gasteiger partial charge on any atom is -0.497 e. The molecule has 0 atom stereocenters. The maximum absolute atomic E-state index is 13.0. The van der Waals surface area contributed by atoms with Crippen molar-refractivity contribution >= 4 is 11.9 Å². The van der Waals surface area contributed by atoms with Crippen LogP contribution < -0.4 is 18.9 Å². The Balaban J connectivity index is 1.56. The molecule has 5 nitrogen and oxygen atoms in total. The maximum Gasteiger partial charge on any atom is 0.232 e. The number of para-hydroxylation sites is 1. The molecule has 1 heterocycles. The van der Waals surface area contributed by atoms with Gasteiger partial charge in [-0.2, -0.15) is 0 Å². The van der Waals surface area contributed by atoms with E-state index in [1.54, 1.807) is 19.3 Å². The SMILES string of the molecule is CCOc1ccccc1/C=C1\Oc2cc(OCc3cccc(OC)c3)cc(C)c2C1=O. The first kappa shape index (κ1) is 20.5. The van der Waals surface area contributed by atoms with Crippen molar-refractivity contribution in [2.45, 2.75) is 20.5 Å². The fourth-order valence-corrected chi connectivity index (χ4v) is 3.52. The zero-order valence-corrected chi connectivity index (χ0v) is 17.8. The van der Waals surface area contributed by atoms with Gasteiger partial charge in [0.2, 0.25) is 5.78 Å². The van der Waals surface area contributed by atoms with Crippen LogP contribution >= 0.6 is 0 Å². The maximum atomic E-state index is 13.0. The number of allylic oxidation sites excluding steroid dienone is 1. The summed E-state index contributed by atoms with van der Waals surface area (Å²) < 4.78 is 22.8. The highest BCUT2D eigenvalue weighted by atomic mass is 16.5. The Bertz CT molecular complexity index is 1150. The average molecular weight is 416 g/mol. The molecule has 0 unspecified atom stereocenters. The van der Waals surface area contributed by atoms with E-state index in [4.69, 9.17) is 18.9 Å². The van der Waals surface area contributed by atoms with Gasteiger partial charge in [0.1, 0.15) is 29.6 Å². The van der Waals surface area contributed by atoms with Gasteiger partial charge in [-0.05, 0) is 55.3 Å². The number of benzene rings is 3. The molecule has 0 amide bonds. The molecule has 0 aromatic heterocycles. The van der Waals surface area contributed by atoms with E-state index in [1.807, 2.05) is 68.4 Å². The Morgan fingerprint density at radius 1 is 0.968 bits per heavy atom. The van der Waals surface area contributed by atoms with Gasteiger partial charge >= 0.3 is 0 Å². The van der Waals surface area contributed by atoms with Crippen molar-refractivity contribution in [3.63, 3.8) is 0 Å². The average Bonchev–Trinajstić information content (AvgIpc) is 3.09. The van der Waals surface area contributed by atoms with Gasteiger partial charge in [0.25, 0.3) is 0 Å². The number of rotatable bonds is 7. The van der Waals surface area contributed by atoms with E-state index >= 15 is 0 Å². The van der Waals surface area contributed by atoms with Gasteiger partial charge in [-0.25, -0.2) is 0 Å². The Morgan fingerprint density at radius 3 is 2.61 bits per heavy atom. The van der Waals surface area contributed by atoms with Gasteiger partial charge in [0.15, 0.2) is 5.76 Å². The predicted molar refractivity (Wildman–Crippen MR) is 119 cm³/mol. The zero-order chi connectivity index (χ0) is 21.8. The lowest BCUT2D eigenvalue weighted by Crippen LogP contribution is -2.01. The summed E-state index contributed by atoms with van der Waals surface area (Å²) in [5, 5.41) is 0. The summed E-state index contributed by atoms with van der Waals surface area (Å²) in [6, 6.07) is 18.9. The molecular formula is C26H24O5. The lowest BCUT2D eigenvalue weighted by molar-refractivity contribution is 0.101. The van der Waals surface area contributed by atoms with E-state index in [2.05, 4.69) is 0 Å². The van der Waals surface area contributed by atoms with Gasteiger partial charge in [-0.1, -0.05) is 30.3 Å². The molecule has 3 aromatic rings. The fourth-order valence-electron chi connectivity index (χ4n) is 3.52. The Kier molecular flexibility index (Phi) is 5.94. The topological polar surface area (TPSA) is 54.0 Å². The van der Waals surface area contributed by atoms with Crippen molar-refractivity contribution in [1.29, 1.82) is 0 Å². The van der Waals surface area contributed by atoms with Gasteiger partial charge < -0.3 is 18.9 Å². The molecule has 31 heavy (non-hydrogen) atoms. The van der Waals surface area contributed by atoms with Crippen LogP contribution in [0.4, 0.5) is 0 Å². The van der Waals surface area contributed by atoms with Gasteiger partial charge in [0.05, 0.1) is 19.3 Å². The molecular weight excluding hydrogens is 392 g/mol. The largest absolute Gasteiger partial charge is 0.497 e. The summed E-state index contributed by atoms with van der Waals surface area (Å²) in [6.45, 7) is 4.74. The smallest absolute Gasteiger partial charge is 0.232 e. The molecule has 4 rings (SSSR count). The van der Waals surface area contributed by atoms with Gasteiger partial charge in [-0.3, -0.25) is 4.79 Å². The summed E-state index contributed by atoms with van der Waals surface area (Å²) >= 11 is 0. The van der Waals surface area contributed by atoms with E-state index in [1.165, 1.54) is 0 Å². The monoisotopic (exact) mass is 416 g/mol. The van der Waals surface area contributed by atoms with Crippen LogP contribution in [0, 0.1) is 6.92 Å². The lowest BCUT2D eigenvalue weighted by atomic mass is 10.0. The van der Waals surface area contributed by atoms with Crippen LogP contribution in [0.2, 0.25) is 0 Å². The number of carbonyl (C=O) groups is 1.